The second-order valence-electron chi connectivity index (χ2n) is 7.04. The summed E-state index contributed by atoms with van der Waals surface area (Å²) in [6.45, 7) is 2.05. The largest absolute Gasteiger partial charge is 0.395 e. The summed E-state index contributed by atoms with van der Waals surface area (Å²) in [5.74, 6) is 0. The number of unbranched alkanes of at least 4 members (excludes halogenated alkanes) is 7. The Hall–Kier alpha value is -0.940. The average molecular weight is 364 g/mol. The van der Waals surface area contributed by atoms with Crippen molar-refractivity contribution in [1.82, 2.24) is 0 Å². The van der Waals surface area contributed by atoms with E-state index in [-0.39, 0.29) is 6.61 Å². The van der Waals surface area contributed by atoms with Crippen LogP contribution in [0.4, 0.5) is 0 Å². The number of aliphatic hydroxyl groups is 2. The van der Waals surface area contributed by atoms with Gasteiger partial charge in [-0.15, -0.1) is 11.3 Å². The molecular formula is C21H33NO2S. The van der Waals surface area contributed by atoms with Crippen LogP contribution in [-0.4, -0.2) is 22.9 Å². The minimum absolute atomic E-state index is 0.209. The van der Waals surface area contributed by atoms with Crippen LogP contribution >= 0.6 is 11.3 Å². The predicted octanol–water partition coefficient (Wildman–Crippen LogP) is 4.94. The summed E-state index contributed by atoms with van der Waals surface area (Å²) < 4.78 is 1.17. The quantitative estimate of drug-likeness (QED) is 0.468. The van der Waals surface area contributed by atoms with Gasteiger partial charge in [-0.25, -0.2) is 0 Å². The van der Waals surface area contributed by atoms with Crippen LogP contribution in [-0.2, 0) is 6.42 Å². The third-order valence-electron chi connectivity index (χ3n) is 4.83. The highest BCUT2D eigenvalue weighted by Gasteiger charge is 2.18. The third-order valence-corrected chi connectivity index (χ3v) is 6.01. The molecule has 0 amide bonds. The van der Waals surface area contributed by atoms with E-state index in [9.17, 15) is 5.11 Å². The van der Waals surface area contributed by atoms with Crippen LogP contribution in [0.1, 0.15) is 74.8 Å². The molecule has 0 saturated heterocycles. The fourth-order valence-electron chi connectivity index (χ4n) is 3.19. The zero-order valence-corrected chi connectivity index (χ0v) is 16.2. The molecule has 0 aliphatic carbocycles. The van der Waals surface area contributed by atoms with Crippen LogP contribution in [0.5, 0.6) is 0 Å². The normalized spacial score (nSPS) is 14.1. The van der Waals surface area contributed by atoms with Crippen molar-refractivity contribution in [2.24, 2.45) is 5.73 Å². The summed E-state index contributed by atoms with van der Waals surface area (Å²) in [5, 5.41) is 20.4. The zero-order chi connectivity index (χ0) is 18.1. The maximum atomic E-state index is 10.2. The average Bonchev–Trinajstić information content (AvgIpc) is 3.05. The maximum absolute atomic E-state index is 10.2. The molecule has 25 heavy (non-hydrogen) atoms. The molecule has 3 nitrogen and oxygen atoms in total. The van der Waals surface area contributed by atoms with Crippen LogP contribution in [0.25, 0.3) is 10.1 Å². The van der Waals surface area contributed by atoms with Gasteiger partial charge in [0.25, 0.3) is 0 Å². The van der Waals surface area contributed by atoms with Gasteiger partial charge in [-0.1, -0.05) is 64.0 Å². The number of aliphatic hydroxyl groups excluding tert-OH is 2. The summed E-state index contributed by atoms with van der Waals surface area (Å²) >= 11 is 1.56. The standard InChI is InChI=1S/C21H33NO2S/c1-2-3-4-5-6-7-8-9-10-16-11-12-19-17(13-16)14-20(25-19)21(24)18(22)15-23/h11-14,18,21,23-24H,2-10,15,22H2,1H3. The van der Waals surface area contributed by atoms with Gasteiger partial charge in [0, 0.05) is 9.58 Å². The van der Waals surface area contributed by atoms with E-state index < -0.39 is 12.1 Å². The topological polar surface area (TPSA) is 66.5 Å². The molecule has 2 aromatic rings. The molecule has 2 unspecified atom stereocenters. The van der Waals surface area contributed by atoms with Crippen LogP contribution in [0.15, 0.2) is 24.3 Å². The second kappa shape index (κ2) is 10.9. The van der Waals surface area contributed by atoms with Gasteiger partial charge in [0.1, 0.15) is 6.10 Å². The molecule has 0 radical (unpaired) electrons. The molecule has 0 aliphatic heterocycles. The summed E-state index contributed by atoms with van der Waals surface area (Å²) in [6.07, 6.45) is 11.1. The third kappa shape index (κ3) is 6.37. The molecule has 4 N–H and O–H groups in total. The van der Waals surface area contributed by atoms with E-state index in [1.54, 1.807) is 11.3 Å². The van der Waals surface area contributed by atoms with Gasteiger partial charge in [-0.05, 0) is 35.9 Å². The van der Waals surface area contributed by atoms with Crippen molar-refractivity contribution in [3.8, 4) is 0 Å². The lowest BCUT2D eigenvalue weighted by atomic mass is 10.0. The van der Waals surface area contributed by atoms with Crippen LogP contribution in [0.3, 0.4) is 0 Å². The van der Waals surface area contributed by atoms with E-state index in [1.165, 1.54) is 67.0 Å². The molecular weight excluding hydrogens is 330 g/mol. The monoisotopic (exact) mass is 363 g/mol. The number of benzene rings is 1. The summed E-state index contributed by atoms with van der Waals surface area (Å²) in [6, 6.07) is 7.96. The van der Waals surface area contributed by atoms with Gasteiger partial charge in [-0.2, -0.15) is 0 Å². The Bertz CT molecular complexity index is 625. The molecule has 2 atom stereocenters. The van der Waals surface area contributed by atoms with Gasteiger partial charge < -0.3 is 15.9 Å². The van der Waals surface area contributed by atoms with E-state index in [2.05, 4.69) is 25.1 Å². The van der Waals surface area contributed by atoms with E-state index in [0.29, 0.717) is 0 Å². The smallest absolute Gasteiger partial charge is 0.105 e. The van der Waals surface area contributed by atoms with E-state index in [0.717, 1.165) is 11.3 Å². The van der Waals surface area contributed by atoms with Crippen molar-refractivity contribution in [1.29, 1.82) is 0 Å². The second-order valence-corrected chi connectivity index (χ2v) is 8.15. The Morgan fingerprint density at radius 1 is 1.00 bits per heavy atom. The number of nitrogens with two attached hydrogens (primary N) is 1. The van der Waals surface area contributed by atoms with E-state index in [4.69, 9.17) is 10.8 Å². The lowest BCUT2D eigenvalue weighted by Crippen LogP contribution is -2.31. The Balaban J connectivity index is 1.80. The zero-order valence-electron chi connectivity index (χ0n) is 15.4. The first-order chi connectivity index (χ1) is 12.2. The number of rotatable bonds is 12. The molecule has 4 heteroatoms. The first-order valence-corrected chi connectivity index (χ1v) is 10.5. The van der Waals surface area contributed by atoms with Crippen molar-refractivity contribution < 1.29 is 10.2 Å². The highest BCUT2D eigenvalue weighted by molar-refractivity contribution is 7.19. The van der Waals surface area contributed by atoms with Gasteiger partial charge in [0.05, 0.1) is 12.6 Å². The van der Waals surface area contributed by atoms with Gasteiger partial charge in [0.2, 0.25) is 0 Å². The number of thiophene rings is 1. The van der Waals surface area contributed by atoms with Crippen molar-refractivity contribution in [2.45, 2.75) is 76.9 Å². The van der Waals surface area contributed by atoms with Crippen LogP contribution in [0, 0.1) is 0 Å². The van der Waals surface area contributed by atoms with Crippen molar-refractivity contribution in [3.63, 3.8) is 0 Å². The Morgan fingerprint density at radius 2 is 1.68 bits per heavy atom. The van der Waals surface area contributed by atoms with Crippen molar-refractivity contribution in [2.75, 3.05) is 6.61 Å². The molecule has 140 valence electrons. The van der Waals surface area contributed by atoms with Crippen molar-refractivity contribution >= 4 is 21.4 Å². The van der Waals surface area contributed by atoms with Crippen molar-refractivity contribution in [3.05, 3.63) is 34.7 Å². The first kappa shape index (κ1) is 20.4. The lowest BCUT2D eigenvalue weighted by Gasteiger charge is -2.14. The molecule has 0 saturated carbocycles. The van der Waals surface area contributed by atoms with Crippen LogP contribution in [0.2, 0.25) is 0 Å². The highest BCUT2D eigenvalue weighted by Crippen LogP contribution is 2.32. The molecule has 1 aromatic carbocycles. The molecule has 1 aromatic heterocycles. The first-order valence-electron chi connectivity index (χ1n) is 9.72. The molecule has 1 heterocycles. The van der Waals surface area contributed by atoms with Crippen LogP contribution < -0.4 is 5.73 Å². The van der Waals surface area contributed by atoms with Gasteiger partial charge >= 0.3 is 0 Å². The summed E-state index contributed by atoms with van der Waals surface area (Å²) in [5.41, 5.74) is 7.10. The molecule has 0 aliphatic rings. The van der Waals surface area contributed by atoms with E-state index in [1.807, 2.05) is 6.07 Å². The summed E-state index contributed by atoms with van der Waals surface area (Å²) in [7, 11) is 0. The fraction of sp³-hybridized carbons (Fsp3) is 0.619. The lowest BCUT2D eigenvalue weighted by molar-refractivity contribution is 0.112. The molecule has 0 spiro atoms. The molecule has 2 rings (SSSR count). The van der Waals surface area contributed by atoms with E-state index >= 15 is 0 Å². The highest BCUT2D eigenvalue weighted by atomic mass is 32.1. The number of fused-ring (bicyclic) bond motifs is 1. The number of aryl methyl sites for hydroxylation is 1. The Morgan fingerprint density at radius 3 is 2.36 bits per heavy atom. The number of hydrogen-bond donors (Lipinski definition) is 3. The van der Waals surface area contributed by atoms with Gasteiger partial charge in [-0.3, -0.25) is 0 Å². The fourth-order valence-corrected chi connectivity index (χ4v) is 4.30. The number of hydrogen-bond acceptors (Lipinski definition) is 4. The Kier molecular flexibility index (Phi) is 8.90. The SMILES string of the molecule is CCCCCCCCCCc1ccc2sc(C(O)C(N)CO)cc2c1. The molecule has 0 bridgehead atoms. The Labute approximate surface area is 155 Å². The minimum atomic E-state index is -0.793. The predicted molar refractivity (Wildman–Crippen MR) is 108 cm³/mol. The minimum Gasteiger partial charge on any atom is -0.395 e. The molecule has 0 fully saturated rings. The maximum Gasteiger partial charge on any atom is 0.105 e. The summed E-state index contributed by atoms with van der Waals surface area (Å²) in [4.78, 5) is 0.834. The van der Waals surface area contributed by atoms with Gasteiger partial charge in [0.15, 0.2) is 0 Å².